The molecule has 130 valence electrons. The van der Waals surface area contributed by atoms with Crippen molar-refractivity contribution in [1.82, 2.24) is 10.3 Å². The van der Waals surface area contributed by atoms with E-state index in [1.165, 1.54) is 5.56 Å². The van der Waals surface area contributed by atoms with Crippen LogP contribution in [0.3, 0.4) is 0 Å². The Morgan fingerprint density at radius 2 is 1.88 bits per heavy atom. The Bertz CT molecular complexity index is 641. The molecule has 1 aromatic heterocycles. The molecule has 1 N–H and O–H groups in total. The molecule has 4 nitrogen and oxygen atoms in total. The van der Waals surface area contributed by atoms with Gasteiger partial charge < -0.3 is 14.8 Å². The first kappa shape index (κ1) is 18.3. The van der Waals surface area contributed by atoms with E-state index >= 15 is 0 Å². The summed E-state index contributed by atoms with van der Waals surface area (Å²) in [7, 11) is 0. The number of pyridine rings is 1. The van der Waals surface area contributed by atoms with E-state index in [4.69, 9.17) is 9.47 Å². The molecule has 0 aliphatic heterocycles. The van der Waals surface area contributed by atoms with Gasteiger partial charge in [-0.25, -0.2) is 0 Å². The van der Waals surface area contributed by atoms with Crippen molar-refractivity contribution in [3.8, 4) is 11.5 Å². The van der Waals surface area contributed by atoms with Crippen LogP contribution in [-0.4, -0.2) is 18.2 Å². The largest absolute Gasteiger partial charge is 0.490 e. The summed E-state index contributed by atoms with van der Waals surface area (Å²) < 4.78 is 11.6. The lowest BCUT2D eigenvalue weighted by Gasteiger charge is -2.15. The average molecular weight is 328 g/mol. The number of hydrogen-bond acceptors (Lipinski definition) is 4. The van der Waals surface area contributed by atoms with E-state index in [0.717, 1.165) is 36.0 Å². The third-order valence-corrected chi connectivity index (χ3v) is 3.46. The van der Waals surface area contributed by atoms with E-state index in [-0.39, 0.29) is 0 Å². The highest BCUT2D eigenvalue weighted by molar-refractivity contribution is 5.43. The van der Waals surface area contributed by atoms with E-state index < -0.39 is 0 Å². The maximum absolute atomic E-state index is 5.84. The van der Waals surface area contributed by atoms with Crippen molar-refractivity contribution in [2.45, 2.75) is 40.8 Å². The van der Waals surface area contributed by atoms with Crippen molar-refractivity contribution in [2.75, 3.05) is 13.2 Å². The molecule has 2 rings (SSSR count). The molecule has 24 heavy (non-hydrogen) atoms. The number of aromatic nitrogens is 1. The molecular weight excluding hydrogens is 300 g/mol. The quantitative estimate of drug-likeness (QED) is 0.752. The van der Waals surface area contributed by atoms with Gasteiger partial charge in [-0.3, -0.25) is 4.98 Å². The van der Waals surface area contributed by atoms with Gasteiger partial charge in [0.05, 0.1) is 18.9 Å². The number of ether oxygens (including phenoxy) is 2. The molecule has 0 bridgehead atoms. The summed E-state index contributed by atoms with van der Waals surface area (Å²) in [5, 5.41) is 3.43. The maximum Gasteiger partial charge on any atom is 0.161 e. The van der Waals surface area contributed by atoms with Gasteiger partial charge in [-0.2, -0.15) is 0 Å². The Morgan fingerprint density at radius 3 is 2.58 bits per heavy atom. The molecule has 0 unspecified atom stereocenters. The summed E-state index contributed by atoms with van der Waals surface area (Å²) in [6.07, 6.45) is 0. The van der Waals surface area contributed by atoms with Crippen molar-refractivity contribution in [3.05, 3.63) is 53.3 Å². The Labute approximate surface area is 145 Å². The van der Waals surface area contributed by atoms with Crippen LogP contribution in [0.4, 0.5) is 0 Å². The first-order chi connectivity index (χ1) is 11.6. The summed E-state index contributed by atoms with van der Waals surface area (Å²) in [4.78, 5) is 4.50. The number of nitrogens with zero attached hydrogens (tertiary/aromatic N) is 1. The van der Waals surface area contributed by atoms with Gasteiger partial charge in [0.25, 0.3) is 0 Å². The van der Waals surface area contributed by atoms with Crippen molar-refractivity contribution >= 4 is 0 Å². The maximum atomic E-state index is 5.84. The number of nitrogens with one attached hydrogen (secondary N) is 1. The summed E-state index contributed by atoms with van der Waals surface area (Å²) >= 11 is 0. The van der Waals surface area contributed by atoms with Gasteiger partial charge >= 0.3 is 0 Å². The second-order valence-corrected chi connectivity index (χ2v) is 6.29. The van der Waals surface area contributed by atoms with Gasteiger partial charge in [0.15, 0.2) is 11.5 Å². The molecule has 0 saturated heterocycles. The minimum absolute atomic E-state index is 0.489. The monoisotopic (exact) mass is 328 g/mol. The smallest absolute Gasteiger partial charge is 0.161 e. The lowest BCUT2D eigenvalue weighted by molar-refractivity contribution is 0.248. The molecule has 4 heteroatoms. The predicted octanol–water partition coefficient (Wildman–Crippen LogP) is 4.11. The van der Waals surface area contributed by atoms with Crippen LogP contribution in [0.2, 0.25) is 0 Å². The fourth-order valence-corrected chi connectivity index (χ4v) is 2.34. The van der Waals surface area contributed by atoms with E-state index in [1.807, 2.05) is 38.1 Å². The summed E-state index contributed by atoms with van der Waals surface area (Å²) in [5.74, 6) is 2.11. The standard InChI is InChI=1S/C20H28N2O2/c1-5-23-20-11-17(9-10-19(20)24-14-15(2)3)12-21-13-18-8-6-7-16(4)22-18/h6-11,15,21H,5,12-14H2,1-4H3. The van der Waals surface area contributed by atoms with Crippen molar-refractivity contribution < 1.29 is 9.47 Å². The van der Waals surface area contributed by atoms with Gasteiger partial charge in [0.1, 0.15) is 0 Å². The van der Waals surface area contributed by atoms with Gasteiger partial charge in [0, 0.05) is 18.8 Å². The first-order valence-electron chi connectivity index (χ1n) is 8.60. The summed E-state index contributed by atoms with van der Waals surface area (Å²) in [6, 6.07) is 12.2. The third kappa shape index (κ3) is 5.85. The Balaban J connectivity index is 1.95. The normalized spacial score (nSPS) is 10.9. The number of benzene rings is 1. The van der Waals surface area contributed by atoms with Crippen LogP contribution in [0.25, 0.3) is 0 Å². The van der Waals surface area contributed by atoms with Crippen LogP contribution >= 0.6 is 0 Å². The summed E-state index contributed by atoms with van der Waals surface area (Å²) in [5.41, 5.74) is 3.26. The minimum atomic E-state index is 0.489. The van der Waals surface area contributed by atoms with Gasteiger partial charge in [-0.1, -0.05) is 26.0 Å². The van der Waals surface area contributed by atoms with Gasteiger partial charge in [-0.15, -0.1) is 0 Å². The zero-order chi connectivity index (χ0) is 17.4. The van der Waals surface area contributed by atoms with E-state index in [2.05, 4.69) is 36.3 Å². The van der Waals surface area contributed by atoms with Crippen LogP contribution in [0.15, 0.2) is 36.4 Å². The van der Waals surface area contributed by atoms with Crippen LogP contribution in [-0.2, 0) is 13.1 Å². The van der Waals surface area contributed by atoms with E-state index in [1.54, 1.807) is 0 Å². The highest BCUT2D eigenvalue weighted by Crippen LogP contribution is 2.29. The fourth-order valence-electron chi connectivity index (χ4n) is 2.34. The number of hydrogen-bond donors (Lipinski definition) is 1. The average Bonchev–Trinajstić information content (AvgIpc) is 2.54. The molecular formula is C20H28N2O2. The Hall–Kier alpha value is -2.07. The molecule has 0 fully saturated rings. The Kier molecular flexibility index (Phi) is 7.07. The molecule has 0 saturated carbocycles. The summed E-state index contributed by atoms with van der Waals surface area (Å²) in [6.45, 7) is 11.1. The Morgan fingerprint density at radius 1 is 1.04 bits per heavy atom. The molecule has 0 amide bonds. The molecule has 1 aromatic carbocycles. The van der Waals surface area contributed by atoms with Crippen molar-refractivity contribution in [3.63, 3.8) is 0 Å². The van der Waals surface area contributed by atoms with E-state index in [9.17, 15) is 0 Å². The van der Waals surface area contributed by atoms with Crippen molar-refractivity contribution in [1.29, 1.82) is 0 Å². The molecule has 1 heterocycles. The zero-order valence-corrected chi connectivity index (χ0v) is 15.1. The molecule has 0 atom stereocenters. The molecule has 2 aromatic rings. The molecule has 0 radical (unpaired) electrons. The predicted molar refractivity (Wildman–Crippen MR) is 97.5 cm³/mol. The second kappa shape index (κ2) is 9.28. The van der Waals surface area contributed by atoms with E-state index in [0.29, 0.717) is 19.1 Å². The lowest BCUT2D eigenvalue weighted by Crippen LogP contribution is -2.14. The van der Waals surface area contributed by atoms with Crippen molar-refractivity contribution in [2.24, 2.45) is 5.92 Å². The van der Waals surface area contributed by atoms with Crippen LogP contribution < -0.4 is 14.8 Å². The molecule has 0 aliphatic rings. The highest BCUT2D eigenvalue weighted by Gasteiger charge is 2.07. The minimum Gasteiger partial charge on any atom is -0.490 e. The fraction of sp³-hybridized carbons (Fsp3) is 0.450. The number of aryl methyl sites for hydroxylation is 1. The van der Waals surface area contributed by atoms with Crippen LogP contribution in [0.5, 0.6) is 11.5 Å². The SMILES string of the molecule is CCOc1cc(CNCc2cccc(C)n2)ccc1OCC(C)C. The number of rotatable bonds is 9. The third-order valence-electron chi connectivity index (χ3n) is 3.46. The molecule has 0 aliphatic carbocycles. The second-order valence-electron chi connectivity index (χ2n) is 6.29. The van der Waals surface area contributed by atoms with Gasteiger partial charge in [0.2, 0.25) is 0 Å². The lowest BCUT2D eigenvalue weighted by atomic mass is 10.2. The van der Waals surface area contributed by atoms with Gasteiger partial charge in [-0.05, 0) is 49.6 Å². The van der Waals surface area contributed by atoms with Crippen LogP contribution in [0.1, 0.15) is 37.7 Å². The highest BCUT2D eigenvalue weighted by atomic mass is 16.5. The zero-order valence-electron chi connectivity index (χ0n) is 15.1. The van der Waals surface area contributed by atoms with Crippen LogP contribution in [0, 0.1) is 12.8 Å². The molecule has 0 spiro atoms. The first-order valence-corrected chi connectivity index (χ1v) is 8.60. The topological polar surface area (TPSA) is 43.4 Å².